The number of hydrogen-bond acceptors (Lipinski definition) is 11. The number of rotatable bonds is 13. The third-order valence-electron chi connectivity index (χ3n) is 24.0. The van der Waals surface area contributed by atoms with Crippen LogP contribution in [0.5, 0.6) is 0 Å². The molecule has 8 aliphatic heterocycles. The van der Waals surface area contributed by atoms with E-state index in [0.717, 1.165) is 76.2 Å². The van der Waals surface area contributed by atoms with Gasteiger partial charge in [0.1, 0.15) is 11.7 Å². The molecule has 15 rings (SSSR count). The lowest BCUT2D eigenvalue weighted by molar-refractivity contribution is -0.152. The first-order valence-electron chi connectivity index (χ1n) is 33.8. The van der Waals surface area contributed by atoms with Crippen LogP contribution >= 0.6 is 0 Å². The van der Waals surface area contributed by atoms with Crippen LogP contribution in [0.2, 0.25) is 0 Å². The van der Waals surface area contributed by atoms with Gasteiger partial charge in [-0.2, -0.15) is 10.2 Å². The topological polar surface area (TPSA) is 236 Å². The fourth-order valence-electron chi connectivity index (χ4n) is 18.5. The summed E-state index contributed by atoms with van der Waals surface area (Å²) in [5.41, 5.74) is -0.0887. The highest BCUT2D eigenvalue weighted by Gasteiger charge is 2.71. The van der Waals surface area contributed by atoms with Gasteiger partial charge in [0.2, 0.25) is 35.4 Å². The number of benzene rings is 1. The molecule has 2 aromatic heterocycles. The third-order valence-corrected chi connectivity index (χ3v) is 24.0. The zero-order chi connectivity index (χ0) is 61.7. The van der Waals surface area contributed by atoms with E-state index in [1.165, 1.54) is 12.6 Å². The predicted octanol–water partition coefficient (Wildman–Crippen LogP) is 5.09. The fraction of sp³-hybridized carbons (Fsp3) is 0.706. The van der Waals surface area contributed by atoms with Crippen molar-refractivity contribution in [3.05, 3.63) is 71.8 Å². The lowest BCUT2D eigenvalue weighted by atomic mass is 9.70. The van der Waals surface area contributed by atoms with E-state index in [2.05, 4.69) is 53.6 Å². The Hall–Kier alpha value is -6.64. The molecule has 0 radical (unpaired) electrons. The van der Waals surface area contributed by atoms with Gasteiger partial charge in [-0.3, -0.25) is 48.1 Å². The molecule has 21 heteroatoms. The van der Waals surface area contributed by atoms with Gasteiger partial charge in [0.25, 0.3) is 11.8 Å². The number of nitrogens with zero attached hydrogens (tertiary/aromatic N) is 9. The van der Waals surface area contributed by atoms with Gasteiger partial charge in [0.15, 0.2) is 0 Å². The van der Waals surface area contributed by atoms with Crippen molar-refractivity contribution >= 4 is 47.3 Å². The van der Waals surface area contributed by atoms with Crippen molar-refractivity contribution in [1.29, 1.82) is 0 Å². The monoisotopic (exact) mass is 1220 g/mol. The number of ether oxygens (including phenoxy) is 1. The summed E-state index contributed by atoms with van der Waals surface area (Å²) in [4.78, 5) is 130. The van der Waals surface area contributed by atoms with Crippen LogP contribution in [-0.4, -0.2) is 200 Å². The SMILES string of the molecule is CC1(C)C[C@@H]1C(=O)N1CC2(CN(C(=O)c3cnn(Cc4ccccc4)c3)C[C@H]2C(=O)N[C@@H]2CC(C3CCCN(C(=O)[C@H]4NC(=O)[C@@H]5CN(C(=O)c6ccn[nH]6)CC56CN(C6)C(=O)[C@H]5C([C@H]4OCC4CCCCC4)C5(C)C)C3)CN(C(=O)C3CCCCC3)C2)C1. The van der Waals surface area contributed by atoms with Crippen LogP contribution in [0.3, 0.4) is 0 Å². The Labute approximate surface area is 522 Å². The van der Waals surface area contributed by atoms with E-state index in [1.54, 1.807) is 32.9 Å². The summed E-state index contributed by atoms with van der Waals surface area (Å²) < 4.78 is 8.85. The Bertz CT molecular complexity index is 3210. The molecule has 12 aliphatic rings. The highest BCUT2D eigenvalue weighted by Crippen LogP contribution is 2.63. The summed E-state index contributed by atoms with van der Waals surface area (Å²) in [6, 6.07) is 10.1. The van der Waals surface area contributed by atoms with Crippen LogP contribution < -0.4 is 10.6 Å². The number of aromatic nitrogens is 4. The Morgan fingerprint density at radius 3 is 2.10 bits per heavy atom. The quantitative estimate of drug-likeness (QED) is 0.204. The highest BCUT2D eigenvalue weighted by molar-refractivity contribution is 5.96. The van der Waals surface area contributed by atoms with E-state index < -0.39 is 52.2 Å². The molecular formula is C68H92N12O9. The van der Waals surface area contributed by atoms with Crippen molar-refractivity contribution in [3.63, 3.8) is 0 Å². The Kier molecular flexibility index (Phi) is 15.7. The summed E-state index contributed by atoms with van der Waals surface area (Å²) in [6.07, 6.45) is 17.2. The number of carbonyl (C=O) groups is 8. The van der Waals surface area contributed by atoms with Crippen LogP contribution in [0.25, 0.3) is 0 Å². The summed E-state index contributed by atoms with van der Waals surface area (Å²) in [6.45, 7) is 13.4. The average molecular weight is 1220 g/mol. The second-order valence-electron chi connectivity index (χ2n) is 30.8. The summed E-state index contributed by atoms with van der Waals surface area (Å²) in [7, 11) is 0. The van der Waals surface area contributed by atoms with Crippen LogP contribution in [0.15, 0.2) is 55.0 Å². The lowest BCUT2D eigenvalue weighted by Crippen LogP contribution is -2.65. The van der Waals surface area contributed by atoms with Crippen LogP contribution in [-0.2, 0) is 40.0 Å². The largest absolute Gasteiger partial charge is 0.375 e. The predicted molar refractivity (Wildman–Crippen MR) is 327 cm³/mol. The number of H-pyrrole nitrogens is 1. The van der Waals surface area contributed by atoms with Crippen LogP contribution in [0, 0.1) is 74.9 Å². The van der Waals surface area contributed by atoms with Crippen molar-refractivity contribution < 1.29 is 43.1 Å². The van der Waals surface area contributed by atoms with Crippen LogP contribution in [0.4, 0.5) is 0 Å². The summed E-state index contributed by atoms with van der Waals surface area (Å²) >= 11 is 0. The minimum atomic E-state index is -1.10. The molecule has 4 aliphatic carbocycles. The smallest absolute Gasteiger partial charge is 0.271 e. The minimum Gasteiger partial charge on any atom is -0.375 e. The van der Waals surface area contributed by atoms with Crippen molar-refractivity contribution in [1.82, 2.24) is 60.0 Å². The lowest BCUT2D eigenvalue weighted by Gasteiger charge is -2.51. The molecule has 3 unspecified atom stereocenters. The van der Waals surface area contributed by atoms with Gasteiger partial charge in [0, 0.05) is 138 Å². The molecular weight excluding hydrogens is 1130 g/mol. The maximum atomic E-state index is 16.0. The van der Waals surface area contributed by atoms with E-state index in [0.29, 0.717) is 109 Å². The number of likely N-dealkylation sites (tertiary alicyclic amines) is 5. The van der Waals surface area contributed by atoms with E-state index in [-0.39, 0.29) is 95.4 Å². The molecule has 478 valence electrons. The first-order valence-corrected chi connectivity index (χ1v) is 33.8. The normalized spacial score (nSPS) is 32.0. The summed E-state index contributed by atoms with van der Waals surface area (Å²) in [5.74, 6) is -2.97. The first-order chi connectivity index (χ1) is 42.8. The molecule has 10 atom stereocenters. The molecule has 4 saturated carbocycles. The molecule has 89 heavy (non-hydrogen) atoms. The number of nitrogens with one attached hydrogen (secondary N) is 3. The molecule has 2 bridgehead atoms. The molecule has 3 N–H and O–H groups in total. The molecule has 8 saturated heterocycles. The maximum absolute atomic E-state index is 16.0. The van der Waals surface area contributed by atoms with Gasteiger partial charge in [0.05, 0.1) is 36.2 Å². The number of aromatic amines is 1. The molecule has 12 fully saturated rings. The average Bonchev–Trinajstić information content (AvgIpc) is 1.56. The van der Waals surface area contributed by atoms with Crippen LogP contribution in [0.1, 0.15) is 144 Å². The first kappa shape index (κ1) is 60.0. The van der Waals surface area contributed by atoms with Gasteiger partial charge in [-0.1, -0.05) is 96.6 Å². The number of carbonyl (C=O) groups excluding carboxylic acids is 8. The van der Waals surface area contributed by atoms with E-state index >= 15 is 14.4 Å². The number of fused-ring (bicyclic) bond motifs is 3. The zero-order valence-electron chi connectivity index (χ0n) is 52.6. The number of amides is 8. The Morgan fingerprint density at radius 2 is 1.38 bits per heavy atom. The standard InChI is InChI=1S/C68H92N12O9/c1-65(2)26-49(65)61(85)78-38-67(39-78)36-76(60(84)47-27-70-80(31-47)28-42-15-8-5-9-16-42)33-50(67)57(81)71-48-25-46(30-75(32-48)59(83)44-19-12-7-13-20-44)45-21-14-24-74(29-45)64(88)55-56(89-35-43-17-10-6-11-18-43)53-54(66(53,3)4)63(87)79-40-68(41-79)37-77(34-51(68)58(82)72-55)62(86)52-22-23-69-73-52/h5,8-9,15-16,22-23,27,31,43-46,48-51,53-56H,6-7,10-14,17-21,24-26,28-30,32-41H2,1-4H3,(H,69,73)(H,71,81)(H,72,82)/t45?,46?,48-,49-,50+,51+,53?,54-,55+,56-/m1/s1. The van der Waals surface area contributed by atoms with Gasteiger partial charge in [-0.15, -0.1) is 0 Å². The van der Waals surface area contributed by atoms with Gasteiger partial charge >= 0.3 is 0 Å². The van der Waals surface area contributed by atoms with Crippen molar-refractivity contribution in [2.24, 2.45) is 74.9 Å². The summed E-state index contributed by atoms with van der Waals surface area (Å²) in [5, 5.41) is 18.2. The van der Waals surface area contributed by atoms with Gasteiger partial charge in [-0.05, 0) is 91.6 Å². The van der Waals surface area contributed by atoms with Gasteiger partial charge in [-0.25, -0.2) is 0 Å². The highest BCUT2D eigenvalue weighted by atomic mass is 16.5. The number of piperidine rings is 2. The molecule has 21 nitrogen and oxygen atoms in total. The molecule has 3 aromatic rings. The molecule has 10 heterocycles. The second kappa shape index (κ2) is 23.2. The van der Waals surface area contributed by atoms with Crippen molar-refractivity contribution in [3.8, 4) is 0 Å². The van der Waals surface area contributed by atoms with Crippen molar-refractivity contribution in [2.45, 2.75) is 142 Å². The zero-order valence-corrected chi connectivity index (χ0v) is 52.6. The van der Waals surface area contributed by atoms with E-state index in [4.69, 9.17) is 4.74 Å². The van der Waals surface area contributed by atoms with E-state index in [9.17, 15) is 24.0 Å². The Morgan fingerprint density at radius 1 is 0.685 bits per heavy atom. The molecule has 1 aromatic carbocycles. The third kappa shape index (κ3) is 11.3. The van der Waals surface area contributed by atoms with Crippen molar-refractivity contribution in [2.75, 3.05) is 85.1 Å². The second-order valence-corrected chi connectivity index (χ2v) is 30.8. The number of hydrogen-bond donors (Lipinski definition) is 3. The molecule has 2 spiro atoms. The Balaban J connectivity index is 0.724. The van der Waals surface area contributed by atoms with Gasteiger partial charge < -0.3 is 44.8 Å². The minimum absolute atomic E-state index is 0.0122. The van der Waals surface area contributed by atoms with E-state index in [1.807, 2.05) is 49.9 Å². The maximum Gasteiger partial charge on any atom is 0.271 e. The molecule has 8 amide bonds. The fourth-order valence-corrected chi connectivity index (χ4v) is 18.5.